The first-order chi connectivity index (χ1) is 9.74. The van der Waals surface area contributed by atoms with Crippen molar-refractivity contribution in [2.45, 2.75) is 51.5 Å². The molecule has 1 N–H and O–H groups in total. The summed E-state index contributed by atoms with van der Waals surface area (Å²) < 4.78 is 14.3. The number of hydrogen-bond donors (Lipinski definition) is 1. The van der Waals surface area contributed by atoms with E-state index in [0.29, 0.717) is 5.56 Å². The fraction of sp³-hybridized carbons (Fsp3) is 0.529. The first kappa shape index (κ1) is 15.5. The summed E-state index contributed by atoms with van der Waals surface area (Å²) in [5.74, 6) is -0.284. The zero-order valence-corrected chi connectivity index (χ0v) is 12.8. The topological polar surface area (TPSA) is 12.0 Å². The Hall–Kier alpha value is -0.860. The molecule has 0 fully saturated rings. The van der Waals surface area contributed by atoms with Crippen LogP contribution >= 0.6 is 11.6 Å². The highest BCUT2D eigenvalue weighted by molar-refractivity contribution is 6.30. The zero-order chi connectivity index (χ0) is 14.4. The van der Waals surface area contributed by atoms with Crippen molar-refractivity contribution in [3.8, 4) is 0 Å². The standard InChI is InChI=1S/C17H23ClFN/c1-2-12-20-17(13-8-5-3-4-6-9-13)14-10-7-11-15(18)16(14)19/h7-8,10-11,17,20H,2-6,9,12H2,1H3. The molecule has 0 saturated carbocycles. The fourth-order valence-electron chi connectivity index (χ4n) is 2.77. The number of halogens is 2. The molecule has 0 amide bonds. The third-order valence-corrected chi connectivity index (χ3v) is 4.13. The Labute approximate surface area is 126 Å². The van der Waals surface area contributed by atoms with E-state index in [1.807, 2.05) is 12.1 Å². The molecule has 20 heavy (non-hydrogen) atoms. The molecule has 1 atom stereocenters. The first-order valence-corrected chi connectivity index (χ1v) is 7.98. The molecule has 1 unspecified atom stereocenters. The van der Waals surface area contributed by atoms with Gasteiger partial charge in [-0.1, -0.05) is 48.7 Å². The highest BCUT2D eigenvalue weighted by Crippen LogP contribution is 2.32. The summed E-state index contributed by atoms with van der Waals surface area (Å²) in [6, 6.07) is 5.25. The molecule has 1 aromatic carbocycles. The van der Waals surface area contributed by atoms with Crippen molar-refractivity contribution in [3.63, 3.8) is 0 Å². The lowest BCUT2D eigenvalue weighted by Crippen LogP contribution is -2.25. The maximum absolute atomic E-state index is 14.3. The number of nitrogens with one attached hydrogen (secondary N) is 1. The molecule has 2 rings (SSSR count). The smallest absolute Gasteiger partial charge is 0.146 e. The molecule has 0 bridgehead atoms. The normalized spacial score (nSPS) is 17.4. The van der Waals surface area contributed by atoms with Gasteiger partial charge in [-0.25, -0.2) is 4.39 Å². The minimum absolute atomic E-state index is 0.0354. The molecule has 3 heteroatoms. The SMILES string of the molecule is CCCNC(C1=CCCCCC1)c1cccc(Cl)c1F. The molecule has 110 valence electrons. The lowest BCUT2D eigenvalue weighted by atomic mass is 9.94. The monoisotopic (exact) mass is 295 g/mol. The van der Waals surface area contributed by atoms with Crippen LogP contribution < -0.4 is 5.32 Å². The highest BCUT2D eigenvalue weighted by Gasteiger charge is 2.21. The summed E-state index contributed by atoms with van der Waals surface area (Å²) >= 11 is 5.94. The van der Waals surface area contributed by atoms with Crippen molar-refractivity contribution in [1.29, 1.82) is 0 Å². The Bertz CT molecular complexity index is 470. The first-order valence-electron chi connectivity index (χ1n) is 7.60. The second kappa shape index (κ2) is 7.80. The van der Waals surface area contributed by atoms with Gasteiger partial charge in [0, 0.05) is 5.56 Å². The van der Waals surface area contributed by atoms with Gasteiger partial charge in [0.25, 0.3) is 0 Å². The molecule has 0 spiro atoms. The Morgan fingerprint density at radius 1 is 1.30 bits per heavy atom. The Morgan fingerprint density at radius 2 is 2.15 bits per heavy atom. The third-order valence-electron chi connectivity index (χ3n) is 3.84. The minimum Gasteiger partial charge on any atom is -0.306 e. The van der Waals surface area contributed by atoms with Crippen LogP contribution in [0.25, 0.3) is 0 Å². The van der Waals surface area contributed by atoms with Crippen LogP contribution in [-0.2, 0) is 0 Å². The van der Waals surface area contributed by atoms with Crippen molar-refractivity contribution >= 4 is 11.6 Å². The van der Waals surface area contributed by atoms with Gasteiger partial charge in [-0.2, -0.15) is 0 Å². The molecule has 0 radical (unpaired) electrons. The highest BCUT2D eigenvalue weighted by atomic mass is 35.5. The van der Waals surface area contributed by atoms with E-state index in [1.165, 1.54) is 24.8 Å². The number of allylic oxidation sites excluding steroid dienone is 1. The van der Waals surface area contributed by atoms with Crippen LogP contribution in [0.2, 0.25) is 5.02 Å². The average molecular weight is 296 g/mol. The molecule has 1 aliphatic carbocycles. The minimum atomic E-state index is -0.284. The number of benzene rings is 1. The average Bonchev–Trinajstić information content (AvgIpc) is 2.73. The van der Waals surface area contributed by atoms with E-state index in [0.717, 1.165) is 25.8 Å². The van der Waals surface area contributed by atoms with E-state index in [2.05, 4.69) is 18.3 Å². The number of hydrogen-bond acceptors (Lipinski definition) is 1. The maximum Gasteiger partial charge on any atom is 0.146 e. The van der Waals surface area contributed by atoms with Gasteiger partial charge < -0.3 is 5.32 Å². The maximum atomic E-state index is 14.3. The van der Waals surface area contributed by atoms with E-state index < -0.39 is 0 Å². The lowest BCUT2D eigenvalue weighted by molar-refractivity contribution is 0.528. The largest absolute Gasteiger partial charge is 0.306 e. The summed E-state index contributed by atoms with van der Waals surface area (Å²) in [6.45, 7) is 3.01. The van der Waals surface area contributed by atoms with E-state index in [1.54, 1.807) is 6.07 Å². The Kier molecular flexibility index (Phi) is 6.06. The molecule has 1 nitrogen and oxygen atoms in total. The fourth-order valence-corrected chi connectivity index (χ4v) is 2.96. The summed E-state index contributed by atoms with van der Waals surface area (Å²) in [4.78, 5) is 0. The van der Waals surface area contributed by atoms with Crippen molar-refractivity contribution in [1.82, 2.24) is 5.32 Å². The predicted molar refractivity (Wildman–Crippen MR) is 83.6 cm³/mol. The summed E-state index contributed by atoms with van der Waals surface area (Å²) in [5.41, 5.74) is 2.00. The van der Waals surface area contributed by atoms with E-state index in [4.69, 9.17) is 11.6 Å². The molecular weight excluding hydrogens is 273 g/mol. The van der Waals surface area contributed by atoms with Gasteiger partial charge in [0.1, 0.15) is 5.82 Å². The van der Waals surface area contributed by atoms with Crippen molar-refractivity contribution in [2.75, 3.05) is 6.54 Å². The number of rotatable bonds is 5. The molecule has 0 saturated heterocycles. The van der Waals surface area contributed by atoms with Gasteiger partial charge in [0.15, 0.2) is 0 Å². The van der Waals surface area contributed by atoms with E-state index in [-0.39, 0.29) is 16.9 Å². The second-order valence-corrected chi connectivity index (χ2v) is 5.82. The molecular formula is C17H23ClFN. The van der Waals surface area contributed by atoms with Crippen molar-refractivity contribution in [2.24, 2.45) is 0 Å². The lowest BCUT2D eigenvalue weighted by Gasteiger charge is -2.23. The van der Waals surface area contributed by atoms with Gasteiger partial charge >= 0.3 is 0 Å². The molecule has 1 aromatic rings. The zero-order valence-electron chi connectivity index (χ0n) is 12.1. The van der Waals surface area contributed by atoms with Crippen LogP contribution in [0.3, 0.4) is 0 Å². The van der Waals surface area contributed by atoms with Gasteiger partial charge in [0.05, 0.1) is 11.1 Å². The summed E-state index contributed by atoms with van der Waals surface area (Å²) in [6.07, 6.45) is 9.17. The second-order valence-electron chi connectivity index (χ2n) is 5.41. The molecule has 0 aliphatic heterocycles. The van der Waals surface area contributed by atoms with Crippen LogP contribution in [0, 0.1) is 5.82 Å². The molecule has 0 heterocycles. The summed E-state index contributed by atoms with van der Waals surface area (Å²) in [5, 5.41) is 3.69. The van der Waals surface area contributed by atoms with Crippen LogP contribution in [0.15, 0.2) is 29.8 Å². The van der Waals surface area contributed by atoms with Gasteiger partial charge in [-0.15, -0.1) is 0 Å². The molecule has 1 aliphatic rings. The van der Waals surface area contributed by atoms with Gasteiger partial charge in [0.2, 0.25) is 0 Å². The molecule has 0 aromatic heterocycles. The Balaban J connectivity index is 2.30. The van der Waals surface area contributed by atoms with Gasteiger partial charge in [-0.05, 0) is 44.7 Å². The quantitative estimate of drug-likeness (QED) is 0.716. The van der Waals surface area contributed by atoms with Crippen LogP contribution in [-0.4, -0.2) is 6.54 Å². The van der Waals surface area contributed by atoms with E-state index >= 15 is 0 Å². The summed E-state index contributed by atoms with van der Waals surface area (Å²) in [7, 11) is 0. The van der Waals surface area contributed by atoms with Gasteiger partial charge in [-0.3, -0.25) is 0 Å². The van der Waals surface area contributed by atoms with E-state index in [9.17, 15) is 4.39 Å². The Morgan fingerprint density at radius 3 is 2.95 bits per heavy atom. The van der Waals surface area contributed by atoms with Crippen LogP contribution in [0.1, 0.15) is 57.1 Å². The van der Waals surface area contributed by atoms with Crippen LogP contribution in [0.4, 0.5) is 4.39 Å². The van der Waals surface area contributed by atoms with Crippen LogP contribution in [0.5, 0.6) is 0 Å². The third kappa shape index (κ3) is 3.83. The van der Waals surface area contributed by atoms with Crippen molar-refractivity contribution in [3.05, 3.63) is 46.3 Å². The predicted octanol–water partition coefficient (Wildman–Crippen LogP) is 5.41. The van der Waals surface area contributed by atoms with Crippen molar-refractivity contribution < 1.29 is 4.39 Å².